The maximum atomic E-state index is 14.6. The van der Waals surface area contributed by atoms with Gasteiger partial charge in [0.05, 0.1) is 30.3 Å². The number of fused-ring (bicyclic) bond motifs is 1. The molecule has 1 aliphatic heterocycles. The number of rotatable bonds is 6. The topological polar surface area (TPSA) is 111 Å². The van der Waals surface area contributed by atoms with E-state index in [0.29, 0.717) is 65.0 Å². The van der Waals surface area contributed by atoms with Crippen molar-refractivity contribution < 1.29 is 23.1 Å². The number of carbonyl (C=O) groups excluding carboxylic acids is 2. The molecule has 2 aromatic heterocycles. The number of aromatic nitrogens is 1. The molecule has 0 atom stereocenters. The van der Waals surface area contributed by atoms with Crippen LogP contribution in [0.25, 0.3) is 28.2 Å². The molecule has 0 bridgehead atoms. The van der Waals surface area contributed by atoms with Gasteiger partial charge in [0.1, 0.15) is 17.4 Å². The number of halogens is 2. The first-order valence-corrected chi connectivity index (χ1v) is 12.3. The lowest BCUT2D eigenvalue weighted by atomic mass is 10.0. The summed E-state index contributed by atoms with van der Waals surface area (Å²) in [5.41, 5.74) is 8.12. The van der Waals surface area contributed by atoms with E-state index in [4.69, 9.17) is 26.5 Å². The van der Waals surface area contributed by atoms with Crippen LogP contribution in [0.1, 0.15) is 21.7 Å². The van der Waals surface area contributed by atoms with E-state index in [1.807, 2.05) is 6.07 Å². The summed E-state index contributed by atoms with van der Waals surface area (Å²) in [4.78, 5) is 30.7. The van der Waals surface area contributed by atoms with Gasteiger partial charge in [-0.3, -0.25) is 9.59 Å². The summed E-state index contributed by atoms with van der Waals surface area (Å²) in [6.07, 6.45) is 4.59. The van der Waals surface area contributed by atoms with Gasteiger partial charge in [0, 0.05) is 30.7 Å². The smallest absolute Gasteiger partial charge is 0.257 e. The van der Waals surface area contributed by atoms with Crippen molar-refractivity contribution in [1.29, 1.82) is 0 Å². The Bertz CT molecular complexity index is 1530. The Labute approximate surface area is 222 Å². The highest BCUT2D eigenvalue weighted by atomic mass is 35.5. The maximum absolute atomic E-state index is 14.6. The van der Waals surface area contributed by atoms with Crippen molar-refractivity contribution in [2.24, 2.45) is 0 Å². The van der Waals surface area contributed by atoms with Crippen LogP contribution in [0.5, 0.6) is 0 Å². The van der Waals surface area contributed by atoms with Gasteiger partial charge in [0.25, 0.3) is 5.91 Å². The average Bonchev–Trinajstić information content (AvgIpc) is 3.36. The molecule has 1 saturated heterocycles. The third-order valence-corrected chi connectivity index (χ3v) is 6.40. The van der Waals surface area contributed by atoms with Gasteiger partial charge in [-0.05, 0) is 65.2 Å². The van der Waals surface area contributed by atoms with Crippen molar-refractivity contribution in [3.8, 4) is 11.1 Å². The number of ether oxygens (including phenoxy) is 1. The van der Waals surface area contributed by atoms with E-state index < -0.39 is 5.82 Å². The molecule has 0 saturated carbocycles. The Morgan fingerprint density at radius 2 is 1.92 bits per heavy atom. The van der Waals surface area contributed by atoms with E-state index in [1.165, 1.54) is 18.2 Å². The number of pyridine rings is 1. The van der Waals surface area contributed by atoms with Gasteiger partial charge in [-0.2, -0.15) is 0 Å². The minimum Gasteiger partial charge on any atom is -0.458 e. The molecule has 0 radical (unpaired) electrons. The Hall–Kier alpha value is -4.21. The van der Waals surface area contributed by atoms with Crippen LogP contribution in [0.15, 0.2) is 65.2 Å². The van der Waals surface area contributed by atoms with E-state index in [-0.39, 0.29) is 23.9 Å². The molecule has 38 heavy (non-hydrogen) atoms. The number of morpholine rings is 1. The molecule has 0 aliphatic carbocycles. The van der Waals surface area contributed by atoms with Crippen LogP contribution < -0.4 is 11.1 Å². The Balaban J connectivity index is 1.32. The second kappa shape index (κ2) is 11.0. The van der Waals surface area contributed by atoms with Crippen molar-refractivity contribution in [3.63, 3.8) is 0 Å². The van der Waals surface area contributed by atoms with Gasteiger partial charge >= 0.3 is 0 Å². The summed E-state index contributed by atoms with van der Waals surface area (Å²) < 4.78 is 25.7. The molecular weight excluding hydrogens is 511 g/mol. The van der Waals surface area contributed by atoms with Gasteiger partial charge < -0.3 is 25.1 Å². The minimum absolute atomic E-state index is 0.000906. The molecule has 194 valence electrons. The third-order valence-electron chi connectivity index (χ3n) is 6.12. The second-order valence-electron chi connectivity index (χ2n) is 8.76. The van der Waals surface area contributed by atoms with Gasteiger partial charge in [-0.15, -0.1) is 0 Å². The van der Waals surface area contributed by atoms with Crippen LogP contribution in [0.4, 0.5) is 10.2 Å². The molecule has 2 aromatic carbocycles. The number of nitrogens with two attached hydrogens (primary N) is 1. The lowest BCUT2D eigenvalue weighted by molar-refractivity contribution is -0.116. The highest BCUT2D eigenvalue weighted by Crippen LogP contribution is 2.33. The molecule has 0 unspecified atom stereocenters. The number of benzene rings is 2. The number of amides is 2. The summed E-state index contributed by atoms with van der Waals surface area (Å²) in [6.45, 7) is 1.85. The van der Waals surface area contributed by atoms with Crippen molar-refractivity contribution in [1.82, 2.24) is 15.2 Å². The summed E-state index contributed by atoms with van der Waals surface area (Å²) in [5, 5.41) is 3.84. The number of anilines is 1. The van der Waals surface area contributed by atoms with Gasteiger partial charge in [0.2, 0.25) is 5.91 Å². The number of nitrogens with zero attached hydrogens (tertiary/aromatic N) is 2. The molecule has 4 aromatic rings. The van der Waals surface area contributed by atoms with Crippen LogP contribution in [0, 0.1) is 5.82 Å². The summed E-state index contributed by atoms with van der Waals surface area (Å²) in [6, 6.07) is 13.2. The molecule has 3 N–H and O–H groups in total. The quantitative estimate of drug-likeness (QED) is 0.348. The molecule has 10 heteroatoms. The second-order valence-corrected chi connectivity index (χ2v) is 9.16. The first-order chi connectivity index (χ1) is 18.4. The average molecular weight is 535 g/mol. The molecule has 8 nitrogen and oxygen atoms in total. The van der Waals surface area contributed by atoms with Gasteiger partial charge in [-0.25, -0.2) is 9.37 Å². The fraction of sp³-hybridized carbons (Fsp3) is 0.179. The predicted molar refractivity (Wildman–Crippen MR) is 143 cm³/mol. The molecule has 1 fully saturated rings. The predicted octanol–water partition coefficient (Wildman–Crippen LogP) is 4.67. The third kappa shape index (κ3) is 5.69. The fourth-order valence-corrected chi connectivity index (χ4v) is 4.41. The lowest BCUT2D eigenvalue weighted by Crippen LogP contribution is -2.41. The van der Waals surface area contributed by atoms with E-state index in [2.05, 4.69) is 10.3 Å². The van der Waals surface area contributed by atoms with Crippen molar-refractivity contribution in [2.75, 3.05) is 32.0 Å². The van der Waals surface area contributed by atoms with E-state index in [0.717, 1.165) is 5.56 Å². The normalized spacial score (nSPS) is 13.8. The molecule has 5 rings (SSSR count). The Morgan fingerprint density at radius 3 is 2.68 bits per heavy atom. The molecular formula is C28H24ClFN4O4. The van der Waals surface area contributed by atoms with Crippen molar-refractivity contribution in [2.45, 2.75) is 6.54 Å². The SMILES string of the molecule is Nc1ccc(C=CC(=O)NCc2cc3cc(-c4ccc(F)c(C(=O)N5CCOCC5)c4)cc(Cl)c3o2)cn1. The van der Waals surface area contributed by atoms with Crippen LogP contribution >= 0.6 is 11.6 Å². The van der Waals surface area contributed by atoms with E-state index in [9.17, 15) is 14.0 Å². The van der Waals surface area contributed by atoms with Crippen LogP contribution in [-0.4, -0.2) is 48.0 Å². The number of nitrogen functional groups attached to an aromatic ring is 1. The molecule has 1 aliphatic rings. The summed E-state index contributed by atoms with van der Waals surface area (Å²) in [5.74, 6) is -0.349. The zero-order valence-corrected chi connectivity index (χ0v) is 21.0. The molecule has 0 spiro atoms. The Morgan fingerprint density at radius 1 is 1.11 bits per heavy atom. The minimum atomic E-state index is -0.583. The number of nitrogens with one attached hydrogen (secondary N) is 1. The van der Waals surface area contributed by atoms with Crippen LogP contribution in [0.3, 0.4) is 0 Å². The van der Waals surface area contributed by atoms with Crippen molar-refractivity contribution in [3.05, 3.63) is 88.5 Å². The first kappa shape index (κ1) is 25.4. The Kier molecular flexibility index (Phi) is 7.39. The largest absolute Gasteiger partial charge is 0.458 e. The van der Waals surface area contributed by atoms with Gasteiger partial charge in [-0.1, -0.05) is 17.7 Å². The zero-order chi connectivity index (χ0) is 26.6. The number of hydrogen-bond donors (Lipinski definition) is 2. The van der Waals surface area contributed by atoms with Crippen molar-refractivity contribution >= 4 is 46.3 Å². The monoisotopic (exact) mass is 534 g/mol. The zero-order valence-electron chi connectivity index (χ0n) is 20.2. The summed E-state index contributed by atoms with van der Waals surface area (Å²) in [7, 11) is 0. The number of hydrogen-bond acceptors (Lipinski definition) is 6. The lowest BCUT2D eigenvalue weighted by Gasteiger charge is -2.27. The fourth-order valence-electron chi connectivity index (χ4n) is 4.14. The first-order valence-electron chi connectivity index (χ1n) is 11.9. The number of carbonyl (C=O) groups is 2. The van der Waals surface area contributed by atoms with Crippen LogP contribution in [-0.2, 0) is 16.1 Å². The highest BCUT2D eigenvalue weighted by Gasteiger charge is 2.22. The molecule has 2 amide bonds. The van der Waals surface area contributed by atoms with E-state index >= 15 is 0 Å². The summed E-state index contributed by atoms with van der Waals surface area (Å²) >= 11 is 6.50. The van der Waals surface area contributed by atoms with Gasteiger partial charge in [0.15, 0.2) is 5.58 Å². The maximum Gasteiger partial charge on any atom is 0.257 e. The highest BCUT2D eigenvalue weighted by molar-refractivity contribution is 6.35. The van der Waals surface area contributed by atoms with E-state index in [1.54, 1.807) is 47.5 Å². The van der Waals surface area contributed by atoms with Crippen LogP contribution in [0.2, 0.25) is 5.02 Å². The standard InChI is InChI=1S/C28H24ClFN4O4/c29-23-14-19(18-3-4-24(30)22(13-18)28(36)34-7-9-37-10-8-34)11-20-12-21(38-27(20)23)16-33-26(35)6-2-17-1-5-25(31)32-15-17/h1-6,11-15H,7-10,16H2,(H2,31,32)(H,33,35). The number of furan rings is 1. The molecule has 3 heterocycles.